The van der Waals surface area contributed by atoms with Crippen molar-refractivity contribution in [3.63, 3.8) is 0 Å². The average molecular weight is 197 g/mol. The Labute approximate surface area is 85.7 Å². The number of aliphatic hydroxyl groups excluding tert-OH is 1. The largest absolute Gasteiger partial charge is 0.394 e. The maximum Gasteiger partial charge on any atom is 0.146 e. The molecule has 80 valence electrons. The van der Waals surface area contributed by atoms with Gasteiger partial charge in [0.2, 0.25) is 0 Å². The molecule has 0 bridgehead atoms. The number of nitriles is 1. The van der Waals surface area contributed by atoms with Gasteiger partial charge in [-0.3, -0.25) is 0 Å². The van der Waals surface area contributed by atoms with E-state index in [0.717, 1.165) is 12.8 Å². The quantitative estimate of drug-likeness (QED) is 0.700. The van der Waals surface area contributed by atoms with E-state index in [1.54, 1.807) is 0 Å². The minimum atomic E-state index is -0.305. The molecule has 0 amide bonds. The van der Waals surface area contributed by atoms with E-state index in [1.807, 2.05) is 0 Å². The van der Waals surface area contributed by atoms with Crippen LogP contribution in [0.25, 0.3) is 0 Å². The average Bonchev–Trinajstić information content (AvgIpc) is 2.48. The summed E-state index contributed by atoms with van der Waals surface area (Å²) in [5.74, 6) is 0.383. The third kappa shape index (κ3) is 3.65. The van der Waals surface area contributed by atoms with E-state index >= 15 is 0 Å². The van der Waals surface area contributed by atoms with Crippen LogP contribution in [0, 0.1) is 17.2 Å². The van der Waals surface area contributed by atoms with Gasteiger partial charge in [0.25, 0.3) is 0 Å². The van der Waals surface area contributed by atoms with Gasteiger partial charge in [-0.25, -0.2) is 0 Å². The second-order valence-corrected chi connectivity index (χ2v) is 3.90. The van der Waals surface area contributed by atoms with Crippen molar-refractivity contribution in [2.45, 2.75) is 44.6 Å². The van der Waals surface area contributed by atoms with E-state index in [-0.39, 0.29) is 19.3 Å². The zero-order chi connectivity index (χ0) is 10.2. The van der Waals surface area contributed by atoms with Gasteiger partial charge in [-0.1, -0.05) is 25.7 Å². The van der Waals surface area contributed by atoms with Gasteiger partial charge in [0.15, 0.2) is 0 Å². The molecule has 0 spiro atoms. The van der Waals surface area contributed by atoms with Gasteiger partial charge in [-0.05, 0) is 18.8 Å². The zero-order valence-corrected chi connectivity index (χ0v) is 8.61. The first-order valence-electron chi connectivity index (χ1n) is 5.50. The van der Waals surface area contributed by atoms with E-state index in [2.05, 4.69) is 6.07 Å². The number of nitrogens with zero attached hydrogens (tertiary/aromatic N) is 1. The summed E-state index contributed by atoms with van der Waals surface area (Å²) in [6.45, 7) is 0.291. The van der Waals surface area contributed by atoms with Crippen molar-refractivity contribution in [2.75, 3.05) is 13.2 Å². The molecule has 1 fully saturated rings. The highest BCUT2D eigenvalue weighted by Gasteiger charge is 2.22. The second-order valence-electron chi connectivity index (χ2n) is 3.90. The third-order valence-corrected chi connectivity index (χ3v) is 2.84. The van der Waals surface area contributed by atoms with Crippen LogP contribution >= 0.6 is 0 Å². The Bertz CT molecular complexity index is 180. The highest BCUT2D eigenvalue weighted by Crippen LogP contribution is 2.26. The maximum atomic E-state index is 8.94. The van der Waals surface area contributed by atoms with Crippen LogP contribution in [0.4, 0.5) is 0 Å². The molecule has 1 unspecified atom stereocenters. The number of hydrogen-bond donors (Lipinski definition) is 1. The summed E-state index contributed by atoms with van der Waals surface area (Å²) in [6.07, 6.45) is 6.90. The Balaban J connectivity index is 2.37. The molecule has 1 atom stereocenters. The van der Waals surface area contributed by atoms with Crippen LogP contribution in [0.2, 0.25) is 0 Å². The predicted octanol–water partition coefficient (Wildman–Crippen LogP) is 1.86. The monoisotopic (exact) mass is 197 g/mol. The first-order chi connectivity index (χ1) is 6.88. The van der Waals surface area contributed by atoms with Crippen LogP contribution in [-0.2, 0) is 4.74 Å². The molecule has 14 heavy (non-hydrogen) atoms. The molecule has 0 radical (unpaired) electrons. The second kappa shape index (κ2) is 6.80. The normalized spacial score (nSPS) is 21.1. The summed E-state index contributed by atoms with van der Waals surface area (Å²) < 4.78 is 5.32. The molecule has 1 aliphatic carbocycles. The van der Waals surface area contributed by atoms with Gasteiger partial charge in [0.05, 0.1) is 19.3 Å². The Morgan fingerprint density at radius 1 is 1.29 bits per heavy atom. The molecule has 0 aliphatic heterocycles. The van der Waals surface area contributed by atoms with Crippen molar-refractivity contribution in [2.24, 2.45) is 5.92 Å². The molecule has 0 saturated heterocycles. The molecule has 0 aromatic rings. The van der Waals surface area contributed by atoms with Crippen LogP contribution in [0.3, 0.4) is 0 Å². The summed E-state index contributed by atoms with van der Waals surface area (Å²) >= 11 is 0. The zero-order valence-electron chi connectivity index (χ0n) is 8.61. The highest BCUT2D eigenvalue weighted by atomic mass is 16.5. The summed E-state index contributed by atoms with van der Waals surface area (Å²) in [4.78, 5) is 0. The van der Waals surface area contributed by atoms with Crippen molar-refractivity contribution in [1.29, 1.82) is 5.26 Å². The smallest absolute Gasteiger partial charge is 0.146 e. The Kier molecular flexibility index (Phi) is 5.58. The lowest BCUT2D eigenvalue weighted by Gasteiger charge is -2.19. The fourth-order valence-electron chi connectivity index (χ4n) is 2.07. The highest BCUT2D eigenvalue weighted by molar-refractivity contribution is 4.90. The van der Waals surface area contributed by atoms with Gasteiger partial charge in [0.1, 0.15) is 6.10 Å². The van der Waals surface area contributed by atoms with Crippen LogP contribution in [0.1, 0.15) is 38.5 Å². The molecular formula is C11H19NO2. The van der Waals surface area contributed by atoms with Crippen LogP contribution in [0.5, 0.6) is 0 Å². The van der Waals surface area contributed by atoms with E-state index in [9.17, 15) is 0 Å². The topological polar surface area (TPSA) is 53.2 Å². The molecule has 3 nitrogen and oxygen atoms in total. The van der Waals surface area contributed by atoms with Crippen LogP contribution in [0.15, 0.2) is 0 Å². The van der Waals surface area contributed by atoms with E-state index in [1.165, 1.54) is 25.7 Å². The molecule has 0 aromatic heterocycles. The summed E-state index contributed by atoms with van der Waals surface area (Å²) in [6, 6.07) is 2.20. The van der Waals surface area contributed by atoms with E-state index in [4.69, 9.17) is 15.1 Å². The van der Waals surface area contributed by atoms with Gasteiger partial charge in [-0.15, -0.1) is 0 Å². The first-order valence-corrected chi connectivity index (χ1v) is 5.50. The minimum Gasteiger partial charge on any atom is -0.394 e. The van der Waals surface area contributed by atoms with Crippen LogP contribution in [-0.4, -0.2) is 24.4 Å². The lowest BCUT2D eigenvalue weighted by atomic mass is 9.95. The van der Waals surface area contributed by atoms with Gasteiger partial charge >= 0.3 is 0 Å². The molecule has 1 aliphatic rings. The molecule has 1 N–H and O–H groups in total. The van der Waals surface area contributed by atoms with Crippen molar-refractivity contribution in [1.82, 2.24) is 0 Å². The number of rotatable bonds is 4. The molecule has 3 heteroatoms. The molecule has 1 saturated carbocycles. The van der Waals surface area contributed by atoms with Crippen molar-refractivity contribution < 1.29 is 9.84 Å². The van der Waals surface area contributed by atoms with Crippen LogP contribution < -0.4 is 0 Å². The Morgan fingerprint density at radius 2 is 1.93 bits per heavy atom. The lowest BCUT2D eigenvalue weighted by Crippen LogP contribution is -2.23. The van der Waals surface area contributed by atoms with E-state index in [0.29, 0.717) is 5.92 Å². The summed E-state index contributed by atoms with van der Waals surface area (Å²) in [5.41, 5.74) is 0. The first kappa shape index (κ1) is 11.5. The van der Waals surface area contributed by atoms with E-state index < -0.39 is 0 Å². The SMILES string of the molecule is N#CC(OCCO)C1CCCCCC1. The predicted molar refractivity (Wildman–Crippen MR) is 53.6 cm³/mol. The fourth-order valence-corrected chi connectivity index (χ4v) is 2.07. The summed E-state index contributed by atoms with van der Waals surface area (Å²) in [7, 11) is 0. The van der Waals surface area contributed by atoms with Gasteiger partial charge < -0.3 is 9.84 Å². The summed E-state index contributed by atoms with van der Waals surface area (Å²) in [5, 5.41) is 17.6. The molecule has 1 rings (SSSR count). The number of ether oxygens (including phenoxy) is 1. The van der Waals surface area contributed by atoms with Crippen molar-refractivity contribution >= 4 is 0 Å². The third-order valence-electron chi connectivity index (χ3n) is 2.84. The molecule has 0 heterocycles. The van der Waals surface area contributed by atoms with Crippen molar-refractivity contribution in [3.8, 4) is 6.07 Å². The fraction of sp³-hybridized carbons (Fsp3) is 0.909. The lowest BCUT2D eigenvalue weighted by molar-refractivity contribution is 0.0229. The Morgan fingerprint density at radius 3 is 2.43 bits per heavy atom. The Hall–Kier alpha value is -0.590. The standard InChI is InChI=1S/C11H19NO2/c12-9-11(14-8-7-13)10-5-3-1-2-4-6-10/h10-11,13H,1-8H2. The minimum absolute atomic E-state index is 0.00486. The maximum absolute atomic E-state index is 8.94. The van der Waals surface area contributed by atoms with Gasteiger partial charge in [0, 0.05) is 0 Å². The number of aliphatic hydroxyl groups is 1. The number of hydrogen-bond acceptors (Lipinski definition) is 3. The van der Waals surface area contributed by atoms with Crippen molar-refractivity contribution in [3.05, 3.63) is 0 Å². The van der Waals surface area contributed by atoms with Gasteiger partial charge in [-0.2, -0.15) is 5.26 Å². The molecule has 0 aromatic carbocycles. The molecular weight excluding hydrogens is 178 g/mol.